The Morgan fingerprint density at radius 1 is 0.824 bits per heavy atom. The normalized spacial score (nSPS) is 48.5. The fourth-order valence-corrected chi connectivity index (χ4v) is 5.43. The average molecular weight is 231 g/mol. The van der Waals surface area contributed by atoms with Gasteiger partial charge in [0, 0.05) is 0 Å². The van der Waals surface area contributed by atoms with Crippen LogP contribution in [0.15, 0.2) is 11.6 Å². The van der Waals surface area contributed by atoms with Crippen molar-refractivity contribution in [2.75, 3.05) is 13.1 Å². The van der Waals surface area contributed by atoms with Crippen molar-refractivity contribution in [2.45, 2.75) is 44.9 Å². The van der Waals surface area contributed by atoms with Crippen LogP contribution in [0.2, 0.25) is 0 Å². The maximum absolute atomic E-state index is 3.48. The number of nitrogens with one attached hydrogen (secondary N) is 1. The Morgan fingerprint density at radius 2 is 1.41 bits per heavy atom. The van der Waals surface area contributed by atoms with Crippen LogP contribution in [0.4, 0.5) is 0 Å². The standard InChI is InChI=1S/C16H25N/c1-3-17-4-2-11(1)10-16-14-6-12-5-13(8-14)9-15(16)7-12/h10,12-17H,1-9H2. The van der Waals surface area contributed by atoms with E-state index in [1.807, 2.05) is 0 Å². The van der Waals surface area contributed by atoms with Crippen LogP contribution in [0.25, 0.3) is 0 Å². The zero-order chi connectivity index (χ0) is 11.2. The van der Waals surface area contributed by atoms with E-state index in [1.54, 1.807) is 37.7 Å². The lowest BCUT2D eigenvalue weighted by Gasteiger charge is -2.54. The van der Waals surface area contributed by atoms with Gasteiger partial charge in [0.25, 0.3) is 0 Å². The summed E-state index contributed by atoms with van der Waals surface area (Å²) in [6, 6.07) is 0. The van der Waals surface area contributed by atoms with Gasteiger partial charge in [0.15, 0.2) is 0 Å². The minimum absolute atomic E-state index is 0.982. The first-order valence-electron chi connectivity index (χ1n) is 7.79. The van der Waals surface area contributed by atoms with Crippen LogP contribution in [0.3, 0.4) is 0 Å². The van der Waals surface area contributed by atoms with Crippen molar-refractivity contribution in [1.29, 1.82) is 0 Å². The Balaban J connectivity index is 1.54. The molecule has 0 unspecified atom stereocenters. The smallest absolute Gasteiger partial charge is 0.00115 e. The van der Waals surface area contributed by atoms with Gasteiger partial charge in [-0.1, -0.05) is 11.6 Å². The molecular formula is C16H25N. The lowest BCUT2D eigenvalue weighted by atomic mass is 9.51. The summed E-state index contributed by atoms with van der Waals surface area (Å²) in [7, 11) is 0. The number of allylic oxidation sites excluding steroid dienone is 1. The van der Waals surface area contributed by atoms with Crippen LogP contribution in [0.5, 0.6) is 0 Å². The molecule has 0 amide bonds. The molecule has 0 radical (unpaired) electrons. The summed E-state index contributed by atoms with van der Waals surface area (Å²) < 4.78 is 0. The molecule has 5 fully saturated rings. The predicted molar refractivity (Wildman–Crippen MR) is 70.7 cm³/mol. The number of piperidine rings is 1. The van der Waals surface area contributed by atoms with Crippen molar-refractivity contribution < 1.29 is 0 Å². The molecule has 0 aromatic rings. The molecule has 0 aromatic carbocycles. The Labute approximate surface area is 105 Å². The molecule has 1 heteroatoms. The first-order valence-corrected chi connectivity index (χ1v) is 7.79. The van der Waals surface area contributed by atoms with E-state index in [-0.39, 0.29) is 0 Å². The van der Waals surface area contributed by atoms with Crippen LogP contribution in [-0.2, 0) is 0 Å². The fraction of sp³-hybridized carbons (Fsp3) is 0.875. The average Bonchev–Trinajstić information content (AvgIpc) is 2.34. The minimum Gasteiger partial charge on any atom is -0.316 e. The van der Waals surface area contributed by atoms with E-state index in [0.717, 1.165) is 29.6 Å². The van der Waals surface area contributed by atoms with Gasteiger partial charge in [0.2, 0.25) is 0 Å². The third kappa shape index (κ3) is 1.87. The van der Waals surface area contributed by atoms with Crippen LogP contribution in [0.1, 0.15) is 44.9 Å². The van der Waals surface area contributed by atoms with Gasteiger partial charge in [-0.2, -0.15) is 0 Å². The van der Waals surface area contributed by atoms with E-state index >= 15 is 0 Å². The van der Waals surface area contributed by atoms with Gasteiger partial charge in [-0.25, -0.2) is 0 Å². The summed E-state index contributed by atoms with van der Waals surface area (Å²) in [5, 5.41) is 3.48. The summed E-state index contributed by atoms with van der Waals surface area (Å²) in [4.78, 5) is 0. The highest BCUT2D eigenvalue weighted by Gasteiger charge is 2.47. The predicted octanol–water partition coefficient (Wildman–Crippen LogP) is 3.37. The van der Waals surface area contributed by atoms with Gasteiger partial charge in [-0.15, -0.1) is 0 Å². The van der Waals surface area contributed by atoms with Gasteiger partial charge >= 0.3 is 0 Å². The summed E-state index contributed by atoms with van der Waals surface area (Å²) in [6.07, 6.45) is 13.2. The lowest BCUT2D eigenvalue weighted by Crippen LogP contribution is -2.44. The molecule has 94 valence electrons. The van der Waals surface area contributed by atoms with Crippen LogP contribution in [-0.4, -0.2) is 13.1 Å². The van der Waals surface area contributed by atoms with E-state index in [2.05, 4.69) is 11.4 Å². The Bertz CT molecular complexity index is 294. The minimum atomic E-state index is 0.982. The number of hydrogen-bond acceptors (Lipinski definition) is 1. The molecule has 0 atom stereocenters. The zero-order valence-electron chi connectivity index (χ0n) is 10.8. The first-order chi connectivity index (χ1) is 8.38. The number of rotatable bonds is 1. The Hall–Kier alpha value is -0.300. The molecule has 1 heterocycles. The largest absolute Gasteiger partial charge is 0.316 e. The van der Waals surface area contributed by atoms with E-state index in [4.69, 9.17) is 0 Å². The van der Waals surface area contributed by atoms with E-state index in [0.29, 0.717) is 0 Å². The monoisotopic (exact) mass is 231 g/mol. The molecule has 1 aliphatic heterocycles. The SMILES string of the molecule is C(=C1CCNCC1)C1C2CC3CC(C2)CC1C3. The molecule has 4 saturated carbocycles. The molecule has 1 N–H and O–H groups in total. The van der Waals surface area contributed by atoms with Crippen molar-refractivity contribution in [3.63, 3.8) is 0 Å². The molecule has 4 bridgehead atoms. The second-order valence-electron chi connectivity index (χ2n) is 7.08. The molecular weight excluding hydrogens is 206 g/mol. The van der Waals surface area contributed by atoms with Gasteiger partial charge in [0.05, 0.1) is 0 Å². The third-order valence-corrected chi connectivity index (χ3v) is 5.97. The zero-order valence-corrected chi connectivity index (χ0v) is 10.8. The maximum Gasteiger partial charge on any atom is -0.00115 e. The van der Waals surface area contributed by atoms with Gasteiger partial charge in [0.1, 0.15) is 0 Å². The molecule has 5 rings (SSSR count). The molecule has 17 heavy (non-hydrogen) atoms. The molecule has 5 aliphatic rings. The van der Waals surface area contributed by atoms with Crippen molar-refractivity contribution in [1.82, 2.24) is 5.32 Å². The second-order valence-corrected chi connectivity index (χ2v) is 7.08. The maximum atomic E-state index is 3.48. The van der Waals surface area contributed by atoms with Crippen LogP contribution in [0, 0.1) is 29.6 Å². The molecule has 0 spiro atoms. The van der Waals surface area contributed by atoms with Crippen molar-refractivity contribution >= 4 is 0 Å². The molecule has 0 aromatic heterocycles. The summed E-state index contributed by atoms with van der Waals surface area (Å²) >= 11 is 0. The van der Waals surface area contributed by atoms with Gasteiger partial charge in [-0.05, 0) is 87.6 Å². The Kier molecular flexibility index (Phi) is 2.57. The quantitative estimate of drug-likeness (QED) is 0.682. The van der Waals surface area contributed by atoms with E-state index in [9.17, 15) is 0 Å². The molecule has 4 aliphatic carbocycles. The van der Waals surface area contributed by atoms with Gasteiger partial charge in [-0.3, -0.25) is 0 Å². The van der Waals surface area contributed by atoms with Gasteiger partial charge < -0.3 is 5.32 Å². The third-order valence-electron chi connectivity index (χ3n) is 5.97. The second kappa shape index (κ2) is 4.12. The summed E-state index contributed by atoms with van der Waals surface area (Å²) in [6.45, 7) is 2.44. The van der Waals surface area contributed by atoms with Crippen molar-refractivity contribution in [3.05, 3.63) is 11.6 Å². The highest BCUT2D eigenvalue weighted by Crippen LogP contribution is 2.57. The Morgan fingerprint density at radius 3 is 2.00 bits per heavy atom. The highest BCUT2D eigenvalue weighted by atomic mass is 14.9. The highest BCUT2D eigenvalue weighted by molar-refractivity contribution is 5.13. The summed E-state index contributed by atoms with van der Waals surface area (Å²) in [5.74, 6) is 5.39. The lowest BCUT2D eigenvalue weighted by molar-refractivity contribution is -0.0165. The molecule has 1 nitrogen and oxygen atoms in total. The van der Waals surface area contributed by atoms with E-state index in [1.165, 1.54) is 25.9 Å². The molecule has 1 saturated heterocycles. The van der Waals surface area contributed by atoms with Crippen molar-refractivity contribution in [2.24, 2.45) is 29.6 Å². The topological polar surface area (TPSA) is 12.0 Å². The number of hydrogen-bond donors (Lipinski definition) is 1. The first kappa shape index (κ1) is 10.6. The fourth-order valence-electron chi connectivity index (χ4n) is 5.43. The summed E-state index contributed by atoms with van der Waals surface area (Å²) in [5.41, 5.74) is 1.78. The van der Waals surface area contributed by atoms with Crippen LogP contribution < -0.4 is 5.32 Å². The van der Waals surface area contributed by atoms with Crippen molar-refractivity contribution in [3.8, 4) is 0 Å². The van der Waals surface area contributed by atoms with Crippen LogP contribution >= 0.6 is 0 Å². The van der Waals surface area contributed by atoms with E-state index < -0.39 is 0 Å².